The van der Waals surface area contributed by atoms with Crippen molar-refractivity contribution in [3.8, 4) is 0 Å². The van der Waals surface area contributed by atoms with E-state index in [1.165, 1.54) is 0 Å². The Hall–Kier alpha value is 1.33. The van der Waals surface area contributed by atoms with Gasteiger partial charge in [0.15, 0.2) is 0 Å². The van der Waals surface area contributed by atoms with E-state index in [-0.39, 0.29) is 17.6 Å². The van der Waals surface area contributed by atoms with Gasteiger partial charge in [0.2, 0.25) is 0 Å². The van der Waals surface area contributed by atoms with E-state index >= 15 is 0 Å². The van der Waals surface area contributed by atoms with Crippen LogP contribution in [0, 0.1) is 0 Å². The van der Waals surface area contributed by atoms with Crippen LogP contribution in [0.5, 0.6) is 0 Å². The van der Waals surface area contributed by atoms with Gasteiger partial charge >= 0.3 is 17.6 Å². The van der Waals surface area contributed by atoms with E-state index in [9.17, 15) is 0 Å². The van der Waals surface area contributed by atoms with Crippen LogP contribution in [0.25, 0.3) is 9.30 Å². The van der Waals surface area contributed by atoms with Crippen molar-refractivity contribution in [3.63, 3.8) is 0 Å². The molecular weight excluding hydrogens is 357 g/mol. The first-order valence-electron chi connectivity index (χ1n) is 6.89. The van der Waals surface area contributed by atoms with Gasteiger partial charge in [0.25, 0.3) is 0 Å². The van der Waals surface area contributed by atoms with Crippen molar-refractivity contribution >= 4 is 50.5 Å². The van der Waals surface area contributed by atoms with Crippen molar-refractivity contribution in [2.24, 2.45) is 0 Å². The molecule has 0 fully saturated rings. The van der Waals surface area contributed by atoms with E-state index in [2.05, 4.69) is 78.6 Å². The van der Waals surface area contributed by atoms with Gasteiger partial charge in [0.1, 0.15) is 0 Å². The molecule has 0 heterocycles. The zero-order chi connectivity index (χ0) is 15.4. The van der Waals surface area contributed by atoms with Crippen LogP contribution >= 0.6 is 0 Å². The first-order valence-corrected chi connectivity index (χ1v) is 20.7. The minimum Gasteiger partial charge on any atom is -0.668 e. The molecule has 0 aromatic carbocycles. The number of hydrogen-bond acceptors (Lipinski definition) is 0. The SMILES string of the molecule is C[Si](C)(C)[N-][Si](C)(C)C.C[Si](C)(C)[N-][Si](C)(C)C.[Ge+2]. The molecule has 0 rings (SSSR count). The zero-order valence-corrected chi connectivity index (χ0v) is 21.5. The van der Waals surface area contributed by atoms with E-state index in [4.69, 9.17) is 9.30 Å². The van der Waals surface area contributed by atoms with Gasteiger partial charge in [0, 0.05) is 0 Å². The molecule has 0 unspecified atom stereocenters. The van der Waals surface area contributed by atoms with Crippen LogP contribution in [0.1, 0.15) is 0 Å². The molecule has 0 N–H and O–H groups in total. The van der Waals surface area contributed by atoms with Crippen LogP contribution in [-0.2, 0) is 0 Å². The summed E-state index contributed by atoms with van der Waals surface area (Å²) in [5.74, 6) is 0. The van der Waals surface area contributed by atoms with Gasteiger partial charge < -0.3 is 9.30 Å². The van der Waals surface area contributed by atoms with E-state index in [0.29, 0.717) is 0 Å². The predicted octanol–water partition coefficient (Wildman–Crippen LogP) is 5.68. The number of rotatable bonds is 4. The van der Waals surface area contributed by atoms with Gasteiger partial charge in [-0.15, -0.1) is 0 Å². The molecule has 114 valence electrons. The van der Waals surface area contributed by atoms with E-state index in [1.54, 1.807) is 0 Å². The van der Waals surface area contributed by atoms with Crippen molar-refractivity contribution in [1.29, 1.82) is 0 Å². The largest absolute Gasteiger partial charge is 2.00 e. The Kier molecular flexibility index (Phi) is 11.6. The van der Waals surface area contributed by atoms with Crippen molar-refractivity contribution < 1.29 is 0 Å². The Bertz CT molecular complexity index is 184. The molecule has 0 spiro atoms. The molecule has 0 aliphatic heterocycles. The molecular formula is C12H36GeN2Si4. The van der Waals surface area contributed by atoms with Gasteiger partial charge in [0.05, 0.1) is 0 Å². The molecule has 0 saturated carbocycles. The Morgan fingerprint density at radius 1 is 0.368 bits per heavy atom. The topological polar surface area (TPSA) is 28.2 Å². The second-order valence-electron chi connectivity index (χ2n) is 8.91. The summed E-state index contributed by atoms with van der Waals surface area (Å²) in [5.41, 5.74) is 0. The summed E-state index contributed by atoms with van der Waals surface area (Å²) < 4.78 is 9.64. The molecule has 0 atom stereocenters. The van der Waals surface area contributed by atoms with Gasteiger partial charge in [-0.25, -0.2) is 0 Å². The summed E-state index contributed by atoms with van der Waals surface area (Å²) in [5, 5.41) is 0. The smallest absolute Gasteiger partial charge is 0.668 e. The summed E-state index contributed by atoms with van der Waals surface area (Å²) in [4.78, 5) is 0. The average Bonchev–Trinajstić information content (AvgIpc) is 1.64. The van der Waals surface area contributed by atoms with Gasteiger partial charge in [-0.05, 0) is 0 Å². The minimum absolute atomic E-state index is 0. The molecule has 0 aliphatic carbocycles. The van der Waals surface area contributed by atoms with Crippen LogP contribution in [0.3, 0.4) is 0 Å². The monoisotopic (exact) mass is 394 g/mol. The number of hydrogen-bond donors (Lipinski definition) is 0. The minimum atomic E-state index is -1.11. The fourth-order valence-corrected chi connectivity index (χ4v) is 18.1. The average molecular weight is 393 g/mol. The van der Waals surface area contributed by atoms with E-state index in [0.717, 1.165) is 0 Å². The van der Waals surface area contributed by atoms with Crippen molar-refractivity contribution in [1.82, 2.24) is 0 Å². The van der Waals surface area contributed by atoms with Crippen molar-refractivity contribution in [3.05, 3.63) is 9.30 Å². The van der Waals surface area contributed by atoms with E-state index < -0.39 is 32.9 Å². The van der Waals surface area contributed by atoms with Crippen LogP contribution < -0.4 is 0 Å². The normalized spacial score (nSPS) is 13.3. The molecule has 2 nitrogen and oxygen atoms in total. The third kappa shape index (κ3) is 32.7. The number of nitrogens with zero attached hydrogens (tertiary/aromatic N) is 2. The molecule has 0 bridgehead atoms. The fourth-order valence-electron chi connectivity index (χ4n) is 2.01. The third-order valence-corrected chi connectivity index (χ3v) is 12.1. The van der Waals surface area contributed by atoms with Crippen molar-refractivity contribution in [2.45, 2.75) is 78.6 Å². The van der Waals surface area contributed by atoms with Gasteiger partial charge in [-0.1, -0.05) is 112 Å². The Labute approximate surface area is 138 Å². The summed E-state index contributed by atoms with van der Waals surface area (Å²) in [7, 11) is -4.42. The second-order valence-corrected chi connectivity index (χ2v) is 28.1. The molecule has 0 aliphatic rings. The summed E-state index contributed by atoms with van der Waals surface area (Å²) in [6, 6.07) is 0. The van der Waals surface area contributed by atoms with Crippen molar-refractivity contribution in [2.75, 3.05) is 0 Å². The second kappa shape index (κ2) is 8.70. The van der Waals surface area contributed by atoms with Crippen LogP contribution in [-0.4, -0.2) is 50.5 Å². The Balaban J connectivity index is -0.000000256. The standard InChI is InChI=1S/2C6H18NSi2.Ge/c2*1-8(2,3)7-9(4,5)6;/h2*1-6H3;/q2*-1;+2. The van der Waals surface area contributed by atoms with Gasteiger partial charge in [-0.3, -0.25) is 0 Å². The van der Waals surface area contributed by atoms with Gasteiger partial charge in [-0.2, -0.15) is 0 Å². The van der Waals surface area contributed by atoms with E-state index in [1.807, 2.05) is 0 Å². The summed E-state index contributed by atoms with van der Waals surface area (Å²) in [6.07, 6.45) is 0. The molecule has 0 aromatic heterocycles. The Morgan fingerprint density at radius 3 is 0.474 bits per heavy atom. The van der Waals surface area contributed by atoms with Crippen LogP contribution in [0.2, 0.25) is 78.6 Å². The molecule has 19 heavy (non-hydrogen) atoms. The molecule has 0 amide bonds. The van der Waals surface area contributed by atoms with Crippen LogP contribution in [0.4, 0.5) is 0 Å². The maximum atomic E-state index is 4.82. The summed E-state index contributed by atoms with van der Waals surface area (Å²) in [6.45, 7) is 27.6. The molecule has 0 aromatic rings. The predicted molar refractivity (Wildman–Crippen MR) is 106 cm³/mol. The quantitative estimate of drug-likeness (QED) is 0.550. The maximum Gasteiger partial charge on any atom is 2.00 e. The zero-order valence-electron chi connectivity index (χ0n) is 15.4. The molecule has 7 heteroatoms. The Morgan fingerprint density at radius 2 is 0.474 bits per heavy atom. The molecule has 0 saturated heterocycles. The first-order chi connectivity index (χ1) is 7.41. The first kappa shape index (κ1) is 25.3. The van der Waals surface area contributed by atoms with Crippen LogP contribution in [0.15, 0.2) is 0 Å². The molecule has 2 radical (unpaired) electrons. The summed E-state index contributed by atoms with van der Waals surface area (Å²) >= 11 is 0. The maximum absolute atomic E-state index is 4.82. The fraction of sp³-hybridized carbons (Fsp3) is 1.00. The third-order valence-electron chi connectivity index (χ3n) is 1.34.